The molecule has 0 amide bonds. The average molecular weight is 520 g/mol. The lowest BCUT2D eigenvalue weighted by Crippen LogP contribution is -2.26. The molecule has 4 heteroatoms. The molecule has 2 fully saturated rings. The Kier molecular flexibility index (Phi) is 8.65. The number of hydrogen-bond donors (Lipinski definition) is 1. The fourth-order valence-corrected chi connectivity index (χ4v) is 6.07. The smallest absolute Gasteiger partial charge is 0.112 e. The summed E-state index contributed by atoms with van der Waals surface area (Å²) in [6.45, 7) is 0. The van der Waals surface area contributed by atoms with Gasteiger partial charge in [-0.05, 0) is 62.1 Å². The molecule has 1 N–H and O–H groups in total. The molecule has 0 saturated heterocycles. The van der Waals surface area contributed by atoms with Gasteiger partial charge in [0, 0.05) is 22.4 Å². The van der Waals surface area contributed by atoms with Gasteiger partial charge in [-0.15, -0.1) is 0 Å². The highest BCUT2D eigenvalue weighted by molar-refractivity contribution is 14.1. The minimum absolute atomic E-state index is 0.577. The van der Waals surface area contributed by atoms with Crippen LogP contribution in [0.25, 0.3) is 11.0 Å². The standard InChI is InChI=1S/C26H38IN3/c27-22-12-14-23(15-13-22)30-25-19-21(18-24-26(25)29-17-16-28-24)20-10-8-6-4-2-1-3-5-7-9-11-20/h16-20,22-23,30H,1-15H2/t22-,23+. The van der Waals surface area contributed by atoms with Gasteiger partial charge in [-0.1, -0.05) is 80.4 Å². The number of aromatic nitrogens is 2. The van der Waals surface area contributed by atoms with Crippen molar-refractivity contribution in [1.29, 1.82) is 0 Å². The van der Waals surface area contributed by atoms with E-state index < -0.39 is 0 Å². The molecule has 0 spiro atoms. The third kappa shape index (κ3) is 6.30. The fourth-order valence-electron chi connectivity index (χ4n) is 5.36. The lowest BCUT2D eigenvalue weighted by atomic mass is 9.86. The first-order valence-corrected chi connectivity index (χ1v) is 13.7. The van der Waals surface area contributed by atoms with E-state index in [0.29, 0.717) is 12.0 Å². The molecule has 1 aromatic heterocycles. The Morgan fingerprint density at radius 1 is 0.700 bits per heavy atom. The van der Waals surface area contributed by atoms with E-state index in [9.17, 15) is 0 Å². The van der Waals surface area contributed by atoms with Gasteiger partial charge >= 0.3 is 0 Å². The Hall–Kier alpha value is -0.910. The second-order valence-electron chi connectivity index (χ2n) is 9.54. The zero-order valence-corrected chi connectivity index (χ0v) is 20.6. The summed E-state index contributed by atoms with van der Waals surface area (Å²) in [5, 5.41) is 3.89. The monoisotopic (exact) mass is 519 g/mol. The van der Waals surface area contributed by atoms with E-state index in [4.69, 9.17) is 9.97 Å². The van der Waals surface area contributed by atoms with Gasteiger partial charge in [0.2, 0.25) is 0 Å². The number of nitrogens with one attached hydrogen (secondary N) is 1. The normalized spacial score (nSPS) is 25.4. The molecule has 2 aliphatic carbocycles. The molecule has 164 valence electrons. The molecule has 0 atom stereocenters. The summed E-state index contributed by atoms with van der Waals surface area (Å²) in [7, 11) is 0. The van der Waals surface area contributed by atoms with Gasteiger partial charge in [-0.3, -0.25) is 9.97 Å². The minimum Gasteiger partial charge on any atom is -0.380 e. The van der Waals surface area contributed by atoms with Crippen LogP contribution in [-0.2, 0) is 0 Å². The highest BCUT2D eigenvalue weighted by atomic mass is 127. The molecule has 4 rings (SSSR count). The Morgan fingerprint density at radius 3 is 1.97 bits per heavy atom. The van der Waals surface area contributed by atoms with Gasteiger partial charge in [0.25, 0.3) is 0 Å². The van der Waals surface area contributed by atoms with Crippen molar-refractivity contribution in [2.75, 3.05) is 5.32 Å². The molecule has 0 aliphatic heterocycles. The Balaban J connectivity index is 1.55. The van der Waals surface area contributed by atoms with Crippen LogP contribution in [0.1, 0.15) is 108 Å². The molecule has 2 aliphatic rings. The van der Waals surface area contributed by atoms with Gasteiger partial charge in [0.05, 0.1) is 11.2 Å². The lowest BCUT2D eigenvalue weighted by Gasteiger charge is -2.28. The van der Waals surface area contributed by atoms with Crippen LogP contribution in [0, 0.1) is 0 Å². The Labute approximate surface area is 196 Å². The van der Waals surface area contributed by atoms with Gasteiger partial charge in [0.15, 0.2) is 0 Å². The predicted molar refractivity (Wildman–Crippen MR) is 137 cm³/mol. The summed E-state index contributed by atoms with van der Waals surface area (Å²) in [5.41, 5.74) is 4.82. The number of halogens is 1. The Morgan fingerprint density at radius 2 is 1.30 bits per heavy atom. The third-order valence-corrected chi connectivity index (χ3v) is 8.43. The predicted octanol–water partition coefficient (Wildman–Crippen LogP) is 8.18. The number of anilines is 1. The van der Waals surface area contributed by atoms with E-state index in [2.05, 4.69) is 40.0 Å². The number of rotatable bonds is 3. The van der Waals surface area contributed by atoms with Crippen molar-refractivity contribution in [3.63, 3.8) is 0 Å². The summed E-state index contributed by atoms with van der Waals surface area (Å²) in [6.07, 6.45) is 24.2. The molecule has 1 aromatic carbocycles. The quantitative estimate of drug-likeness (QED) is 0.328. The molecule has 3 nitrogen and oxygen atoms in total. The zero-order chi connectivity index (χ0) is 20.6. The van der Waals surface area contributed by atoms with E-state index >= 15 is 0 Å². The number of alkyl halides is 1. The first-order chi connectivity index (χ1) is 14.8. The molecular weight excluding hydrogens is 481 g/mol. The van der Waals surface area contributed by atoms with Crippen LogP contribution in [0.5, 0.6) is 0 Å². The topological polar surface area (TPSA) is 37.8 Å². The largest absolute Gasteiger partial charge is 0.380 e. The maximum atomic E-state index is 4.71. The van der Waals surface area contributed by atoms with Crippen molar-refractivity contribution in [3.05, 3.63) is 30.1 Å². The van der Waals surface area contributed by atoms with Crippen molar-refractivity contribution >= 4 is 39.3 Å². The first kappa shape index (κ1) is 22.3. The minimum atomic E-state index is 0.577. The highest BCUT2D eigenvalue weighted by Crippen LogP contribution is 2.35. The molecule has 0 radical (unpaired) electrons. The molecule has 0 unspecified atom stereocenters. The molecule has 0 bridgehead atoms. The van der Waals surface area contributed by atoms with E-state index in [1.165, 1.54) is 108 Å². The van der Waals surface area contributed by atoms with Gasteiger partial charge in [-0.25, -0.2) is 0 Å². The van der Waals surface area contributed by atoms with Crippen molar-refractivity contribution in [1.82, 2.24) is 9.97 Å². The number of hydrogen-bond acceptors (Lipinski definition) is 3. The van der Waals surface area contributed by atoms with Crippen molar-refractivity contribution in [2.24, 2.45) is 0 Å². The molecule has 1 heterocycles. The molecule has 2 aromatic rings. The zero-order valence-electron chi connectivity index (χ0n) is 18.4. The Bertz CT molecular complexity index is 773. The first-order valence-electron chi connectivity index (χ1n) is 12.4. The van der Waals surface area contributed by atoms with E-state index in [1.54, 1.807) is 0 Å². The summed E-state index contributed by atoms with van der Waals surface area (Å²) in [4.78, 5) is 9.41. The van der Waals surface area contributed by atoms with Crippen molar-refractivity contribution < 1.29 is 0 Å². The second kappa shape index (κ2) is 11.6. The number of benzene rings is 1. The third-order valence-electron chi connectivity index (χ3n) is 7.19. The molecule has 2 saturated carbocycles. The van der Waals surface area contributed by atoms with Crippen LogP contribution in [0.15, 0.2) is 24.5 Å². The average Bonchev–Trinajstić information content (AvgIpc) is 2.76. The van der Waals surface area contributed by atoms with E-state index in [1.807, 2.05) is 12.4 Å². The van der Waals surface area contributed by atoms with Crippen LogP contribution in [-0.4, -0.2) is 19.9 Å². The SMILES string of the molecule is I[C@H]1CC[C@@H](Nc2cc(C3CCCCCCCCCCC3)cc3nccnc23)CC1. The van der Waals surface area contributed by atoms with Gasteiger partial charge in [0.1, 0.15) is 5.52 Å². The van der Waals surface area contributed by atoms with Crippen LogP contribution >= 0.6 is 22.6 Å². The highest BCUT2D eigenvalue weighted by Gasteiger charge is 2.21. The lowest BCUT2D eigenvalue weighted by molar-refractivity contribution is 0.467. The number of fused-ring (bicyclic) bond motifs is 1. The molecule has 30 heavy (non-hydrogen) atoms. The summed E-state index contributed by atoms with van der Waals surface area (Å²) >= 11 is 2.61. The molecular formula is C26H38IN3. The summed E-state index contributed by atoms with van der Waals surface area (Å²) < 4.78 is 0.847. The summed E-state index contributed by atoms with van der Waals surface area (Å²) in [6, 6.07) is 5.35. The number of nitrogens with zero attached hydrogens (tertiary/aromatic N) is 2. The van der Waals surface area contributed by atoms with Gasteiger partial charge in [-0.2, -0.15) is 0 Å². The van der Waals surface area contributed by atoms with Crippen LogP contribution < -0.4 is 5.32 Å². The summed E-state index contributed by atoms with van der Waals surface area (Å²) in [5.74, 6) is 0.668. The van der Waals surface area contributed by atoms with Crippen molar-refractivity contribution in [3.8, 4) is 0 Å². The van der Waals surface area contributed by atoms with Gasteiger partial charge < -0.3 is 5.32 Å². The van der Waals surface area contributed by atoms with Crippen LogP contribution in [0.4, 0.5) is 5.69 Å². The van der Waals surface area contributed by atoms with E-state index in [0.717, 1.165) is 15.0 Å². The van der Waals surface area contributed by atoms with Crippen LogP contribution in [0.3, 0.4) is 0 Å². The van der Waals surface area contributed by atoms with E-state index in [-0.39, 0.29) is 0 Å². The second-order valence-corrected chi connectivity index (χ2v) is 11.3. The maximum Gasteiger partial charge on any atom is 0.112 e. The fraction of sp³-hybridized carbons (Fsp3) is 0.692. The van der Waals surface area contributed by atoms with Crippen LogP contribution in [0.2, 0.25) is 0 Å². The van der Waals surface area contributed by atoms with Crippen molar-refractivity contribution in [2.45, 2.75) is 112 Å². The maximum absolute atomic E-state index is 4.71.